The van der Waals surface area contributed by atoms with E-state index in [0.29, 0.717) is 17.0 Å². The number of allylic oxidation sites excluding steroid dienone is 1. The highest BCUT2D eigenvalue weighted by Gasteiger charge is 2.35. The zero-order valence-electron chi connectivity index (χ0n) is 12.6. The Balaban J connectivity index is 1.94. The first-order valence-electron chi connectivity index (χ1n) is 6.74. The minimum Gasteiger partial charge on any atom is -0.456 e. The number of alkyl halides is 1. The largest absolute Gasteiger partial charge is 0.456 e. The van der Waals surface area contributed by atoms with Gasteiger partial charge in [-0.3, -0.25) is 15.5 Å². The third kappa shape index (κ3) is 3.92. The zero-order chi connectivity index (χ0) is 17.7. The maximum absolute atomic E-state index is 11.8. The summed E-state index contributed by atoms with van der Waals surface area (Å²) in [6.45, 7) is 7.23. The van der Waals surface area contributed by atoms with Crippen LogP contribution in [0.5, 0.6) is 0 Å². The lowest BCUT2D eigenvalue weighted by Gasteiger charge is -2.11. The van der Waals surface area contributed by atoms with E-state index in [1.807, 2.05) is 5.48 Å². The molecule has 126 valence electrons. The van der Waals surface area contributed by atoms with Crippen molar-refractivity contribution in [1.82, 2.24) is 9.91 Å². The molecule has 2 rings (SSSR count). The summed E-state index contributed by atoms with van der Waals surface area (Å²) in [7, 11) is 0. The molecule has 0 saturated carbocycles. The molecule has 24 heavy (non-hydrogen) atoms. The summed E-state index contributed by atoms with van der Waals surface area (Å²) >= 11 is 5.52. The number of ether oxygens (including phenoxy) is 1. The molecule has 2 N–H and O–H groups in total. The average molecular weight is 351 g/mol. The number of imide groups is 1. The molecule has 1 fully saturated rings. The maximum Gasteiger partial charge on any atom is 0.348 e. The molecule has 1 aliphatic rings. The predicted octanol–water partition coefficient (Wildman–Crippen LogP) is 2.44. The van der Waals surface area contributed by atoms with Gasteiger partial charge in [-0.2, -0.15) is 5.10 Å². The molecule has 0 aromatic heterocycles. The Morgan fingerprint density at radius 2 is 2.04 bits per heavy atom. The molecule has 8 nitrogen and oxygen atoms in total. The van der Waals surface area contributed by atoms with Crippen LogP contribution in [0.25, 0.3) is 5.76 Å². The number of hydrogen-bond donors (Lipinski definition) is 2. The van der Waals surface area contributed by atoms with E-state index in [2.05, 4.69) is 18.3 Å². The van der Waals surface area contributed by atoms with Crippen LogP contribution in [-0.4, -0.2) is 45.8 Å². The molecule has 0 radical (unpaired) electrons. The van der Waals surface area contributed by atoms with Crippen LogP contribution in [0.3, 0.4) is 0 Å². The normalized spacial score (nSPS) is 14.4. The molecule has 1 aromatic rings. The summed E-state index contributed by atoms with van der Waals surface area (Å²) < 4.78 is 5.40. The summed E-state index contributed by atoms with van der Waals surface area (Å²) in [5, 5.41) is 13.6. The molecule has 0 aliphatic carbocycles. The molecule has 1 heterocycles. The Bertz CT molecular complexity index is 702. The standard InChI is InChI=1S/C15H15ClN4O4/c1-10(7-17-20-8-14(21)19(9-16)15(20)22)24-11(2)12-3-5-13(18-23)6-4-12/h3-7,18,23H,1-2,8-9H2/b17-7+. The fourth-order valence-corrected chi connectivity index (χ4v) is 2.08. The van der Waals surface area contributed by atoms with E-state index in [9.17, 15) is 9.59 Å². The van der Waals surface area contributed by atoms with Crippen molar-refractivity contribution >= 4 is 41.2 Å². The topological polar surface area (TPSA) is 94.5 Å². The van der Waals surface area contributed by atoms with Crippen LogP contribution in [0.2, 0.25) is 0 Å². The van der Waals surface area contributed by atoms with Crippen molar-refractivity contribution < 1.29 is 19.5 Å². The Kier molecular flexibility index (Phi) is 5.56. The number of benzene rings is 1. The number of carbonyl (C=O) groups is 2. The highest BCUT2D eigenvalue weighted by molar-refractivity contribution is 6.21. The summed E-state index contributed by atoms with van der Waals surface area (Å²) in [6.07, 6.45) is 1.21. The second-order valence-electron chi connectivity index (χ2n) is 4.71. The number of hydrogen-bond acceptors (Lipinski definition) is 6. The van der Waals surface area contributed by atoms with Gasteiger partial charge in [0.05, 0.1) is 11.9 Å². The number of rotatable bonds is 7. The predicted molar refractivity (Wildman–Crippen MR) is 89.3 cm³/mol. The lowest BCUT2D eigenvalue weighted by molar-refractivity contribution is -0.124. The lowest BCUT2D eigenvalue weighted by atomic mass is 10.2. The van der Waals surface area contributed by atoms with Gasteiger partial charge >= 0.3 is 6.03 Å². The van der Waals surface area contributed by atoms with Gasteiger partial charge < -0.3 is 4.74 Å². The quantitative estimate of drug-likeness (QED) is 0.197. The van der Waals surface area contributed by atoms with Crippen molar-refractivity contribution in [1.29, 1.82) is 0 Å². The minimum atomic E-state index is -0.607. The Labute approximate surface area is 143 Å². The molecule has 0 bridgehead atoms. The summed E-state index contributed by atoms with van der Waals surface area (Å²) in [6, 6.07) is 5.81. The van der Waals surface area contributed by atoms with Crippen molar-refractivity contribution in [2.45, 2.75) is 0 Å². The van der Waals surface area contributed by atoms with Crippen molar-refractivity contribution in [3.05, 3.63) is 48.7 Å². The van der Waals surface area contributed by atoms with Gasteiger partial charge in [0.2, 0.25) is 0 Å². The molecular weight excluding hydrogens is 336 g/mol. The van der Waals surface area contributed by atoms with Crippen LogP contribution < -0.4 is 5.48 Å². The number of nitrogens with zero attached hydrogens (tertiary/aromatic N) is 3. The van der Waals surface area contributed by atoms with Crippen LogP contribution in [-0.2, 0) is 9.53 Å². The minimum absolute atomic E-state index is 0.133. The fourth-order valence-electron chi connectivity index (χ4n) is 1.84. The van der Waals surface area contributed by atoms with Gasteiger partial charge in [0.15, 0.2) is 0 Å². The van der Waals surface area contributed by atoms with Crippen LogP contribution in [0, 0.1) is 0 Å². The van der Waals surface area contributed by atoms with E-state index in [0.717, 1.165) is 9.91 Å². The SMILES string of the molecule is C=C(/C=N/N1CC(=O)N(CCl)C1=O)OC(=C)c1ccc(NO)cc1. The molecule has 0 unspecified atom stereocenters. The van der Waals surface area contributed by atoms with Crippen molar-refractivity contribution in [2.24, 2.45) is 5.10 Å². The van der Waals surface area contributed by atoms with Crippen LogP contribution in [0.1, 0.15) is 5.56 Å². The van der Waals surface area contributed by atoms with Crippen molar-refractivity contribution in [3.8, 4) is 0 Å². The van der Waals surface area contributed by atoms with Crippen LogP contribution >= 0.6 is 11.6 Å². The highest BCUT2D eigenvalue weighted by Crippen LogP contribution is 2.19. The van der Waals surface area contributed by atoms with Crippen molar-refractivity contribution in [2.75, 3.05) is 18.0 Å². The first-order chi connectivity index (χ1) is 11.5. The van der Waals surface area contributed by atoms with E-state index in [-0.39, 0.29) is 18.3 Å². The van der Waals surface area contributed by atoms with Gasteiger partial charge in [0, 0.05) is 5.56 Å². The Morgan fingerprint density at radius 3 is 2.58 bits per heavy atom. The highest BCUT2D eigenvalue weighted by atomic mass is 35.5. The number of urea groups is 1. The first-order valence-corrected chi connectivity index (χ1v) is 7.27. The lowest BCUT2D eigenvalue weighted by Crippen LogP contribution is -2.30. The average Bonchev–Trinajstić information content (AvgIpc) is 2.86. The summed E-state index contributed by atoms with van der Waals surface area (Å²) in [5.41, 5.74) is 3.21. The van der Waals surface area contributed by atoms with Gasteiger partial charge in [0.1, 0.15) is 24.1 Å². The number of amides is 3. The third-order valence-corrected chi connectivity index (χ3v) is 3.33. The number of hydrazone groups is 1. The van der Waals surface area contributed by atoms with Gasteiger partial charge in [-0.25, -0.2) is 14.7 Å². The van der Waals surface area contributed by atoms with E-state index in [1.165, 1.54) is 6.21 Å². The second kappa shape index (κ2) is 7.62. The molecule has 1 aromatic carbocycles. The number of carbonyl (C=O) groups excluding carboxylic acids is 2. The van der Waals surface area contributed by atoms with Gasteiger partial charge in [0.25, 0.3) is 5.91 Å². The zero-order valence-corrected chi connectivity index (χ0v) is 13.4. The number of halogens is 1. The fraction of sp³-hybridized carbons (Fsp3) is 0.133. The van der Waals surface area contributed by atoms with Gasteiger partial charge in [-0.1, -0.05) is 13.2 Å². The van der Waals surface area contributed by atoms with E-state index < -0.39 is 11.9 Å². The monoisotopic (exact) mass is 350 g/mol. The molecule has 1 saturated heterocycles. The molecule has 3 amide bonds. The van der Waals surface area contributed by atoms with E-state index in [1.54, 1.807) is 24.3 Å². The van der Waals surface area contributed by atoms with E-state index in [4.69, 9.17) is 21.5 Å². The summed E-state index contributed by atoms with van der Waals surface area (Å²) in [4.78, 5) is 24.2. The summed E-state index contributed by atoms with van der Waals surface area (Å²) in [5.74, 6) is 0.0109. The Morgan fingerprint density at radius 1 is 1.38 bits per heavy atom. The molecule has 0 spiro atoms. The third-order valence-electron chi connectivity index (χ3n) is 3.09. The number of anilines is 1. The first kappa shape index (κ1) is 17.5. The maximum atomic E-state index is 11.8. The molecule has 1 aliphatic heterocycles. The Hall–Kier alpha value is -2.84. The second-order valence-corrected chi connectivity index (χ2v) is 4.95. The molecular formula is C15H15ClN4O4. The van der Waals surface area contributed by atoms with Gasteiger partial charge in [-0.15, -0.1) is 11.6 Å². The van der Waals surface area contributed by atoms with E-state index >= 15 is 0 Å². The smallest absolute Gasteiger partial charge is 0.348 e. The van der Waals surface area contributed by atoms with Gasteiger partial charge in [-0.05, 0) is 24.3 Å². The molecule has 0 atom stereocenters. The molecule has 9 heteroatoms. The van der Waals surface area contributed by atoms with Crippen molar-refractivity contribution in [3.63, 3.8) is 0 Å². The number of nitrogens with one attached hydrogen (secondary N) is 1. The van der Waals surface area contributed by atoms with Crippen LogP contribution in [0.4, 0.5) is 10.5 Å². The van der Waals surface area contributed by atoms with Crippen LogP contribution in [0.15, 0.2) is 48.3 Å².